The van der Waals surface area contributed by atoms with Crippen molar-refractivity contribution < 1.29 is 14.0 Å². The smallest absolute Gasteiger partial charge is 0.233 e. The van der Waals surface area contributed by atoms with Gasteiger partial charge in [0.2, 0.25) is 11.8 Å². The highest BCUT2D eigenvalue weighted by molar-refractivity contribution is 6.06. The van der Waals surface area contributed by atoms with Gasteiger partial charge in [-0.2, -0.15) is 0 Å². The Labute approximate surface area is 183 Å². The molecule has 1 saturated carbocycles. The molecular weight excluding hydrogens is 395 g/mol. The van der Waals surface area contributed by atoms with Crippen molar-refractivity contribution >= 4 is 17.8 Å². The summed E-state index contributed by atoms with van der Waals surface area (Å²) in [7, 11) is 0. The van der Waals surface area contributed by atoms with Crippen molar-refractivity contribution in [1.82, 2.24) is 15.5 Å². The molecule has 4 rings (SSSR count). The monoisotopic (exact) mass is 426 g/mol. The number of carbonyl (C=O) groups excluding carboxylic acids is 2. The van der Waals surface area contributed by atoms with Gasteiger partial charge in [0.15, 0.2) is 5.96 Å². The molecular formula is C24H31FN4O2. The molecule has 0 radical (unpaired) electrons. The maximum Gasteiger partial charge on any atom is 0.233 e. The van der Waals surface area contributed by atoms with E-state index in [1.807, 2.05) is 26.8 Å². The summed E-state index contributed by atoms with van der Waals surface area (Å²) in [5, 5.41) is 6.43. The van der Waals surface area contributed by atoms with Crippen LogP contribution in [0.1, 0.15) is 32.8 Å². The number of likely N-dealkylation sites (tertiary alicyclic amines) is 1. The van der Waals surface area contributed by atoms with Crippen LogP contribution in [-0.2, 0) is 15.0 Å². The molecule has 1 saturated heterocycles. The van der Waals surface area contributed by atoms with E-state index in [0.29, 0.717) is 32.1 Å². The lowest BCUT2D eigenvalue weighted by Crippen LogP contribution is -2.44. The number of allylic oxidation sites excluding steroid dienone is 2. The lowest BCUT2D eigenvalue weighted by molar-refractivity contribution is -0.140. The summed E-state index contributed by atoms with van der Waals surface area (Å²) >= 11 is 0. The highest BCUT2D eigenvalue weighted by Crippen LogP contribution is 2.52. The Morgan fingerprint density at radius 3 is 2.45 bits per heavy atom. The van der Waals surface area contributed by atoms with Gasteiger partial charge in [-0.25, -0.2) is 4.39 Å². The Kier molecular flexibility index (Phi) is 5.86. The minimum Gasteiger partial charge on any atom is -0.357 e. The van der Waals surface area contributed by atoms with Gasteiger partial charge in [0.25, 0.3) is 0 Å². The number of nitrogens with zero attached hydrogens (tertiary/aromatic N) is 2. The topological polar surface area (TPSA) is 73.8 Å². The molecule has 1 aromatic rings. The summed E-state index contributed by atoms with van der Waals surface area (Å²) in [5.41, 5.74) is 0.546. The predicted octanol–water partition coefficient (Wildman–Crippen LogP) is 2.47. The van der Waals surface area contributed by atoms with Crippen LogP contribution in [-0.4, -0.2) is 48.9 Å². The van der Waals surface area contributed by atoms with Crippen LogP contribution in [0.2, 0.25) is 0 Å². The molecule has 1 aliphatic heterocycles. The Morgan fingerprint density at radius 2 is 1.84 bits per heavy atom. The average molecular weight is 427 g/mol. The standard InChI is InChI=1S/C24H31FN4O2/c1-4-26-23(28-14-24(2,3)17-6-5-7-18(25)13-17)27-10-11-29-21(30)19-15-8-9-16(12-15)20(19)22(29)31/h5-9,13,15-16,19-20H,4,10-12,14H2,1-3H3,(H2,26,27,28). The van der Waals surface area contributed by atoms with Crippen molar-refractivity contribution in [1.29, 1.82) is 0 Å². The Hall–Kier alpha value is -2.70. The van der Waals surface area contributed by atoms with E-state index >= 15 is 0 Å². The normalized spacial score (nSPS) is 27.2. The van der Waals surface area contributed by atoms with Crippen molar-refractivity contribution in [2.75, 3.05) is 26.2 Å². The van der Waals surface area contributed by atoms with Crippen LogP contribution < -0.4 is 10.6 Å². The molecule has 3 aliphatic rings. The Balaban J connectivity index is 1.35. The first-order valence-corrected chi connectivity index (χ1v) is 11.1. The summed E-state index contributed by atoms with van der Waals surface area (Å²) < 4.78 is 13.6. The molecule has 166 valence electrons. The van der Waals surface area contributed by atoms with Gasteiger partial charge in [-0.05, 0) is 42.9 Å². The highest BCUT2D eigenvalue weighted by atomic mass is 19.1. The number of halogens is 1. The van der Waals surface area contributed by atoms with E-state index in [-0.39, 0.29) is 46.7 Å². The average Bonchev–Trinajstić information content (AvgIpc) is 3.41. The predicted molar refractivity (Wildman–Crippen MR) is 118 cm³/mol. The van der Waals surface area contributed by atoms with Crippen molar-refractivity contribution in [2.24, 2.45) is 28.7 Å². The van der Waals surface area contributed by atoms with Gasteiger partial charge in [-0.15, -0.1) is 0 Å². The third-order valence-corrected chi connectivity index (χ3v) is 6.77. The second-order valence-corrected chi connectivity index (χ2v) is 9.34. The molecule has 2 aliphatic carbocycles. The van der Waals surface area contributed by atoms with Gasteiger partial charge in [-0.3, -0.25) is 19.5 Å². The molecule has 7 heteroatoms. The van der Waals surface area contributed by atoms with Crippen molar-refractivity contribution in [3.8, 4) is 0 Å². The van der Waals surface area contributed by atoms with Gasteiger partial charge < -0.3 is 10.6 Å². The van der Waals surface area contributed by atoms with E-state index < -0.39 is 0 Å². The molecule has 0 spiro atoms. The summed E-state index contributed by atoms with van der Waals surface area (Å²) in [6.07, 6.45) is 5.15. The first-order chi connectivity index (χ1) is 14.8. The van der Waals surface area contributed by atoms with Gasteiger partial charge in [0.1, 0.15) is 5.82 Å². The van der Waals surface area contributed by atoms with E-state index in [2.05, 4.69) is 27.8 Å². The van der Waals surface area contributed by atoms with Gasteiger partial charge in [-0.1, -0.05) is 38.1 Å². The summed E-state index contributed by atoms with van der Waals surface area (Å²) in [6.45, 7) is 7.95. The number of rotatable bonds is 7. The maximum absolute atomic E-state index is 13.6. The van der Waals surface area contributed by atoms with Crippen LogP contribution in [0.25, 0.3) is 0 Å². The molecule has 0 aromatic heterocycles. The van der Waals surface area contributed by atoms with Crippen molar-refractivity contribution in [2.45, 2.75) is 32.6 Å². The van der Waals surface area contributed by atoms with E-state index in [9.17, 15) is 14.0 Å². The third-order valence-electron chi connectivity index (χ3n) is 6.77. The molecule has 6 nitrogen and oxygen atoms in total. The fourth-order valence-corrected chi connectivity index (χ4v) is 5.09. The zero-order chi connectivity index (χ0) is 22.2. The van der Waals surface area contributed by atoms with Crippen molar-refractivity contribution in [3.63, 3.8) is 0 Å². The number of carbonyl (C=O) groups is 2. The minimum absolute atomic E-state index is 0.0252. The molecule has 2 amide bonds. The van der Waals surface area contributed by atoms with Crippen molar-refractivity contribution in [3.05, 3.63) is 47.8 Å². The van der Waals surface area contributed by atoms with E-state index in [1.165, 1.54) is 11.0 Å². The summed E-state index contributed by atoms with van der Waals surface area (Å²) in [4.78, 5) is 31.7. The number of hydrogen-bond acceptors (Lipinski definition) is 3. The number of fused-ring (bicyclic) bond motifs is 5. The first-order valence-electron chi connectivity index (χ1n) is 11.1. The Bertz CT molecular complexity index is 896. The molecule has 2 fully saturated rings. The molecule has 2 N–H and O–H groups in total. The van der Waals surface area contributed by atoms with Gasteiger partial charge in [0.05, 0.1) is 18.4 Å². The third kappa shape index (κ3) is 4.10. The van der Waals surface area contributed by atoms with Crippen LogP contribution in [0, 0.1) is 29.5 Å². The second-order valence-electron chi connectivity index (χ2n) is 9.34. The number of imide groups is 1. The minimum atomic E-state index is -0.338. The lowest BCUT2D eigenvalue weighted by Gasteiger charge is -2.24. The van der Waals surface area contributed by atoms with Gasteiger partial charge >= 0.3 is 0 Å². The number of nitrogens with one attached hydrogen (secondary N) is 2. The number of benzene rings is 1. The largest absolute Gasteiger partial charge is 0.357 e. The molecule has 4 atom stereocenters. The fourth-order valence-electron chi connectivity index (χ4n) is 5.09. The maximum atomic E-state index is 13.6. The summed E-state index contributed by atoms with van der Waals surface area (Å²) in [5.74, 6) is 0.459. The molecule has 4 unspecified atom stereocenters. The zero-order valence-electron chi connectivity index (χ0n) is 18.4. The SMILES string of the molecule is CCNC(=NCC(C)(C)c1cccc(F)c1)NCCN1C(=O)C2C3C=CC(C3)C2C1=O. The number of hydrogen-bond donors (Lipinski definition) is 2. The zero-order valence-corrected chi connectivity index (χ0v) is 18.4. The number of amides is 2. The molecule has 31 heavy (non-hydrogen) atoms. The number of guanidine groups is 1. The second kappa shape index (κ2) is 8.44. The quantitative estimate of drug-likeness (QED) is 0.304. The van der Waals surface area contributed by atoms with Crippen LogP contribution in [0.4, 0.5) is 4.39 Å². The van der Waals surface area contributed by atoms with E-state index in [0.717, 1.165) is 12.0 Å². The van der Waals surface area contributed by atoms with Crippen LogP contribution in [0.5, 0.6) is 0 Å². The Morgan fingerprint density at radius 1 is 1.16 bits per heavy atom. The highest BCUT2D eigenvalue weighted by Gasteiger charge is 2.58. The summed E-state index contributed by atoms with van der Waals surface area (Å²) in [6, 6.07) is 6.59. The van der Waals surface area contributed by atoms with E-state index in [1.54, 1.807) is 12.1 Å². The fraction of sp³-hybridized carbons (Fsp3) is 0.542. The van der Waals surface area contributed by atoms with E-state index in [4.69, 9.17) is 0 Å². The number of aliphatic imine (C=N–C) groups is 1. The van der Waals surface area contributed by atoms with Crippen LogP contribution in [0.15, 0.2) is 41.4 Å². The molecule has 1 aromatic carbocycles. The molecule has 2 bridgehead atoms. The lowest BCUT2D eigenvalue weighted by atomic mass is 9.85. The first kappa shape index (κ1) is 21.5. The van der Waals surface area contributed by atoms with Crippen LogP contribution in [0.3, 0.4) is 0 Å². The van der Waals surface area contributed by atoms with Gasteiger partial charge in [0, 0.05) is 25.0 Å². The van der Waals surface area contributed by atoms with Crippen LogP contribution >= 0.6 is 0 Å². The molecule has 1 heterocycles.